The van der Waals surface area contributed by atoms with Crippen LogP contribution in [-0.4, -0.2) is 18.3 Å². The third-order valence-corrected chi connectivity index (χ3v) is 3.69. The van der Waals surface area contributed by atoms with Crippen LogP contribution in [0.2, 0.25) is 0 Å². The minimum atomic E-state index is -4.60. The standard InChI is InChI=1S/C11H7F2N3O4S/c12-7-3-1-5-9(16(17)18)10(7)15-21(19,20)11-8(13)4-2-6-14-11/h1-6,15H. The van der Waals surface area contributed by atoms with E-state index in [-0.39, 0.29) is 0 Å². The van der Waals surface area contributed by atoms with Crippen LogP contribution in [0.15, 0.2) is 41.6 Å². The summed E-state index contributed by atoms with van der Waals surface area (Å²) in [4.78, 5) is 13.1. The van der Waals surface area contributed by atoms with E-state index in [9.17, 15) is 27.3 Å². The Labute approximate surface area is 117 Å². The molecule has 21 heavy (non-hydrogen) atoms. The quantitative estimate of drug-likeness (QED) is 0.687. The predicted octanol–water partition coefficient (Wildman–Crippen LogP) is 2.07. The van der Waals surface area contributed by atoms with Crippen molar-refractivity contribution in [2.24, 2.45) is 0 Å². The number of para-hydroxylation sites is 1. The Morgan fingerprint density at radius 1 is 1.14 bits per heavy atom. The van der Waals surface area contributed by atoms with Crippen LogP contribution in [0.25, 0.3) is 0 Å². The molecule has 0 unspecified atom stereocenters. The van der Waals surface area contributed by atoms with Crippen LogP contribution in [0.1, 0.15) is 0 Å². The topological polar surface area (TPSA) is 102 Å². The third kappa shape index (κ3) is 2.94. The number of benzene rings is 1. The first kappa shape index (κ1) is 14.8. The molecule has 0 spiro atoms. The van der Waals surface area contributed by atoms with Crippen LogP contribution >= 0.6 is 0 Å². The highest BCUT2D eigenvalue weighted by molar-refractivity contribution is 7.92. The molecule has 2 aromatic rings. The van der Waals surface area contributed by atoms with Crippen LogP contribution in [-0.2, 0) is 10.0 Å². The average molecular weight is 315 g/mol. The van der Waals surface area contributed by atoms with E-state index < -0.39 is 43.0 Å². The SMILES string of the molecule is O=[N+]([O-])c1cccc(F)c1NS(=O)(=O)c1ncccc1F. The molecule has 1 aromatic heterocycles. The van der Waals surface area contributed by atoms with E-state index in [2.05, 4.69) is 4.98 Å². The number of anilines is 1. The van der Waals surface area contributed by atoms with E-state index in [0.717, 1.165) is 30.5 Å². The fourth-order valence-electron chi connectivity index (χ4n) is 1.52. The molecule has 10 heteroatoms. The zero-order chi connectivity index (χ0) is 15.6. The van der Waals surface area contributed by atoms with Crippen molar-refractivity contribution in [2.45, 2.75) is 5.03 Å². The Balaban J connectivity index is 2.52. The molecule has 1 heterocycles. The maximum atomic E-state index is 13.6. The zero-order valence-electron chi connectivity index (χ0n) is 10.2. The fraction of sp³-hybridized carbons (Fsp3) is 0. The average Bonchev–Trinajstić information content (AvgIpc) is 2.41. The predicted molar refractivity (Wildman–Crippen MR) is 68.1 cm³/mol. The van der Waals surface area contributed by atoms with Gasteiger partial charge >= 0.3 is 0 Å². The Hall–Kier alpha value is -2.62. The summed E-state index contributed by atoms with van der Waals surface area (Å²) >= 11 is 0. The number of hydrogen-bond acceptors (Lipinski definition) is 5. The normalized spacial score (nSPS) is 11.1. The molecule has 1 N–H and O–H groups in total. The Kier molecular flexibility index (Phi) is 3.80. The van der Waals surface area contributed by atoms with Crippen molar-refractivity contribution in [3.05, 3.63) is 58.3 Å². The molecule has 0 amide bonds. The molecule has 0 saturated carbocycles. The van der Waals surface area contributed by atoms with Gasteiger partial charge in [0.2, 0.25) is 5.03 Å². The molecule has 0 atom stereocenters. The molecule has 0 aliphatic heterocycles. The molecule has 0 saturated heterocycles. The second-order valence-corrected chi connectivity index (χ2v) is 5.38. The van der Waals surface area contributed by atoms with Crippen molar-refractivity contribution in [3.8, 4) is 0 Å². The summed E-state index contributed by atoms with van der Waals surface area (Å²) in [6.45, 7) is 0. The van der Waals surface area contributed by atoms with Gasteiger partial charge in [-0.05, 0) is 18.2 Å². The Morgan fingerprint density at radius 2 is 1.81 bits per heavy atom. The van der Waals surface area contributed by atoms with Gasteiger partial charge in [0.15, 0.2) is 17.3 Å². The number of aromatic nitrogens is 1. The smallest absolute Gasteiger partial charge is 0.269 e. The van der Waals surface area contributed by atoms with Gasteiger partial charge in [0.1, 0.15) is 0 Å². The van der Waals surface area contributed by atoms with Gasteiger partial charge in [0, 0.05) is 12.3 Å². The lowest BCUT2D eigenvalue weighted by molar-refractivity contribution is -0.384. The lowest BCUT2D eigenvalue weighted by Gasteiger charge is -2.09. The second-order valence-electron chi connectivity index (χ2n) is 3.79. The molecule has 2 rings (SSSR count). The minimum Gasteiger partial charge on any atom is -0.269 e. The summed E-state index contributed by atoms with van der Waals surface area (Å²) in [6.07, 6.45) is 1.02. The number of pyridine rings is 1. The molecular formula is C11H7F2N3O4S. The molecule has 1 aromatic carbocycles. The number of nitro benzene ring substituents is 1. The van der Waals surface area contributed by atoms with Crippen LogP contribution in [0, 0.1) is 21.7 Å². The molecule has 0 aliphatic rings. The molecule has 0 radical (unpaired) electrons. The van der Waals surface area contributed by atoms with Gasteiger partial charge in [-0.15, -0.1) is 0 Å². The Bertz CT molecular complexity index is 811. The molecular weight excluding hydrogens is 308 g/mol. The summed E-state index contributed by atoms with van der Waals surface area (Å²) in [5.74, 6) is -2.33. The lowest BCUT2D eigenvalue weighted by atomic mass is 10.2. The first-order chi connectivity index (χ1) is 9.83. The van der Waals surface area contributed by atoms with E-state index in [1.807, 2.05) is 0 Å². The van der Waals surface area contributed by atoms with Gasteiger partial charge in [-0.3, -0.25) is 14.8 Å². The number of hydrogen-bond donors (Lipinski definition) is 1. The number of nitrogens with zero attached hydrogens (tertiary/aromatic N) is 2. The molecule has 0 fully saturated rings. The third-order valence-electron chi connectivity index (χ3n) is 2.40. The van der Waals surface area contributed by atoms with Crippen LogP contribution in [0.5, 0.6) is 0 Å². The summed E-state index contributed by atoms with van der Waals surface area (Å²) < 4.78 is 52.6. The first-order valence-electron chi connectivity index (χ1n) is 5.39. The summed E-state index contributed by atoms with van der Waals surface area (Å²) in [5, 5.41) is 9.79. The van der Waals surface area contributed by atoms with Gasteiger partial charge in [0.25, 0.3) is 15.7 Å². The second kappa shape index (κ2) is 5.40. The summed E-state index contributed by atoms with van der Waals surface area (Å²) in [7, 11) is -4.60. The number of nitro groups is 1. The van der Waals surface area contributed by atoms with Crippen molar-refractivity contribution >= 4 is 21.4 Å². The molecule has 7 nitrogen and oxygen atoms in total. The highest BCUT2D eigenvalue weighted by atomic mass is 32.2. The van der Waals surface area contributed by atoms with Crippen LogP contribution < -0.4 is 4.72 Å². The van der Waals surface area contributed by atoms with Gasteiger partial charge in [-0.1, -0.05) is 6.07 Å². The maximum Gasteiger partial charge on any atom is 0.296 e. The lowest BCUT2D eigenvalue weighted by Crippen LogP contribution is -2.18. The Morgan fingerprint density at radius 3 is 2.43 bits per heavy atom. The van der Waals surface area contributed by atoms with E-state index in [1.165, 1.54) is 6.07 Å². The molecule has 110 valence electrons. The monoisotopic (exact) mass is 315 g/mol. The van der Waals surface area contributed by atoms with E-state index in [0.29, 0.717) is 0 Å². The van der Waals surface area contributed by atoms with Crippen molar-refractivity contribution in [3.63, 3.8) is 0 Å². The molecule has 0 bridgehead atoms. The van der Waals surface area contributed by atoms with Gasteiger partial charge in [-0.25, -0.2) is 13.8 Å². The summed E-state index contributed by atoms with van der Waals surface area (Å²) in [6, 6.07) is 4.80. The number of rotatable bonds is 4. The van der Waals surface area contributed by atoms with Crippen LogP contribution in [0.4, 0.5) is 20.2 Å². The van der Waals surface area contributed by atoms with Gasteiger partial charge in [-0.2, -0.15) is 8.42 Å². The van der Waals surface area contributed by atoms with E-state index in [1.54, 1.807) is 4.72 Å². The van der Waals surface area contributed by atoms with Crippen molar-refractivity contribution in [2.75, 3.05) is 4.72 Å². The first-order valence-corrected chi connectivity index (χ1v) is 6.87. The van der Waals surface area contributed by atoms with E-state index in [4.69, 9.17) is 0 Å². The minimum absolute atomic E-state index is 0.796. The molecule has 0 aliphatic carbocycles. The maximum absolute atomic E-state index is 13.6. The largest absolute Gasteiger partial charge is 0.296 e. The van der Waals surface area contributed by atoms with E-state index >= 15 is 0 Å². The number of halogens is 2. The number of sulfonamides is 1. The summed E-state index contributed by atoms with van der Waals surface area (Å²) in [5.41, 5.74) is -1.68. The van der Waals surface area contributed by atoms with Crippen molar-refractivity contribution in [1.82, 2.24) is 4.98 Å². The van der Waals surface area contributed by atoms with Gasteiger partial charge < -0.3 is 0 Å². The van der Waals surface area contributed by atoms with Crippen LogP contribution in [0.3, 0.4) is 0 Å². The van der Waals surface area contributed by atoms with Gasteiger partial charge in [0.05, 0.1) is 4.92 Å². The van der Waals surface area contributed by atoms with Crippen molar-refractivity contribution in [1.29, 1.82) is 0 Å². The fourth-order valence-corrected chi connectivity index (χ4v) is 2.61. The number of nitrogens with one attached hydrogen (secondary N) is 1. The highest BCUT2D eigenvalue weighted by Crippen LogP contribution is 2.29. The highest BCUT2D eigenvalue weighted by Gasteiger charge is 2.26. The van der Waals surface area contributed by atoms with Crippen molar-refractivity contribution < 1.29 is 22.1 Å². The zero-order valence-corrected chi connectivity index (χ0v) is 11.0.